The van der Waals surface area contributed by atoms with Gasteiger partial charge in [-0.2, -0.15) is 0 Å². The Kier molecular flexibility index (Phi) is 18.9. The molecular weight excluding hydrogens is 376 g/mol. The van der Waals surface area contributed by atoms with Crippen LogP contribution in [0.15, 0.2) is 0 Å². The molecule has 0 aliphatic rings. The Balaban J connectivity index is 3.11. The van der Waals surface area contributed by atoms with E-state index in [-0.39, 0.29) is 0 Å². The zero-order chi connectivity index (χ0) is 14.9. The van der Waals surface area contributed by atoms with Gasteiger partial charge in [0.15, 0.2) is 0 Å². The smallest absolute Gasteiger partial charge is 0.0145 e. The van der Waals surface area contributed by atoms with Crippen LogP contribution >= 0.6 is 31.9 Å². The van der Waals surface area contributed by atoms with E-state index in [1.807, 2.05) is 0 Å². The summed E-state index contributed by atoms with van der Waals surface area (Å²) in [4.78, 5) is 0.778. The van der Waals surface area contributed by atoms with Crippen molar-refractivity contribution < 1.29 is 0 Å². The summed E-state index contributed by atoms with van der Waals surface area (Å²) in [5.41, 5.74) is 0. The van der Waals surface area contributed by atoms with Crippen molar-refractivity contribution in [1.82, 2.24) is 0 Å². The summed E-state index contributed by atoms with van der Waals surface area (Å²) in [6, 6.07) is 0. The molecule has 0 aromatic heterocycles. The number of rotatable bonds is 16. The normalized spacial score (nSPS) is 12.8. The van der Waals surface area contributed by atoms with Gasteiger partial charge in [0.05, 0.1) is 0 Å². The van der Waals surface area contributed by atoms with Crippen LogP contribution < -0.4 is 0 Å². The third-order valence-electron chi connectivity index (χ3n) is 4.02. The number of hydrogen-bond donors (Lipinski definition) is 0. The first-order chi connectivity index (χ1) is 9.81. The molecule has 0 radical (unpaired) electrons. The molecule has 20 heavy (non-hydrogen) atoms. The van der Waals surface area contributed by atoms with Gasteiger partial charge in [-0.3, -0.25) is 0 Å². The van der Waals surface area contributed by atoms with Crippen LogP contribution in [-0.2, 0) is 0 Å². The van der Waals surface area contributed by atoms with Crippen molar-refractivity contribution in [3.8, 4) is 0 Å². The van der Waals surface area contributed by atoms with Gasteiger partial charge in [0.1, 0.15) is 0 Å². The van der Waals surface area contributed by atoms with Crippen LogP contribution in [0.4, 0.5) is 0 Å². The minimum Gasteiger partial charge on any atom is -0.0928 e. The molecule has 0 rings (SSSR count). The summed E-state index contributed by atoms with van der Waals surface area (Å²) in [6.45, 7) is 2.29. The monoisotopic (exact) mass is 410 g/mol. The first-order valence-electron chi connectivity index (χ1n) is 9.01. The highest BCUT2D eigenvalue weighted by atomic mass is 79.9. The largest absolute Gasteiger partial charge is 0.0928 e. The zero-order valence-electron chi connectivity index (χ0n) is 13.6. The Morgan fingerprint density at radius 3 is 1.45 bits per heavy atom. The van der Waals surface area contributed by atoms with Crippen molar-refractivity contribution in [3.05, 3.63) is 0 Å². The first kappa shape index (κ1) is 21.0. The molecule has 0 bridgehead atoms. The van der Waals surface area contributed by atoms with Crippen LogP contribution in [0.3, 0.4) is 0 Å². The first-order valence-corrected chi connectivity index (χ1v) is 11.0. The van der Waals surface area contributed by atoms with Gasteiger partial charge < -0.3 is 0 Å². The summed E-state index contributed by atoms with van der Waals surface area (Å²) < 4.78 is 0. The van der Waals surface area contributed by atoms with Gasteiger partial charge in [-0.25, -0.2) is 0 Å². The van der Waals surface area contributed by atoms with E-state index in [4.69, 9.17) is 0 Å². The SMILES string of the molecule is CCCCCCCCCC(Br)CCCCCCCCBr. The van der Waals surface area contributed by atoms with E-state index in [9.17, 15) is 0 Å². The summed E-state index contributed by atoms with van der Waals surface area (Å²) in [5.74, 6) is 0. The predicted molar refractivity (Wildman–Crippen MR) is 101 cm³/mol. The minimum atomic E-state index is 0.778. The maximum atomic E-state index is 3.86. The molecule has 0 aliphatic heterocycles. The van der Waals surface area contributed by atoms with E-state index in [0.717, 1.165) is 4.83 Å². The molecule has 0 spiro atoms. The average molecular weight is 412 g/mol. The predicted octanol–water partition coefficient (Wildman–Crippen LogP) is 8.02. The van der Waals surface area contributed by atoms with Crippen LogP contribution in [-0.4, -0.2) is 10.2 Å². The number of alkyl halides is 2. The molecule has 0 aliphatic carbocycles. The van der Waals surface area contributed by atoms with Crippen LogP contribution in [0, 0.1) is 0 Å². The maximum Gasteiger partial charge on any atom is 0.0145 e. The lowest BCUT2D eigenvalue weighted by atomic mass is 10.0. The number of hydrogen-bond acceptors (Lipinski definition) is 0. The second kappa shape index (κ2) is 18.0. The standard InChI is InChI=1S/C18H36Br2/c1-2-3-4-5-6-9-12-15-18(20)16-13-10-7-8-11-14-17-19/h18H,2-17H2,1H3. The molecule has 2 heteroatoms. The van der Waals surface area contributed by atoms with Crippen LogP contribution in [0.1, 0.15) is 103 Å². The molecule has 0 aromatic rings. The molecule has 0 nitrogen and oxygen atoms in total. The quantitative estimate of drug-likeness (QED) is 0.178. The summed E-state index contributed by atoms with van der Waals surface area (Å²) in [7, 11) is 0. The Bertz CT molecular complexity index is 153. The zero-order valence-corrected chi connectivity index (χ0v) is 16.8. The molecule has 0 aromatic carbocycles. The fourth-order valence-corrected chi connectivity index (χ4v) is 3.68. The summed E-state index contributed by atoms with van der Waals surface area (Å²) >= 11 is 7.35. The highest BCUT2D eigenvalue weighted by Gasteiger charge is 2.03. The third-order valence-corrected chi connectivity index (χ3v) is 5.50. The van der Waals surface area contributed by atoms with Gasteiger partial charge in [-0.05, 0) is 19.3 Å². The second-order valence-electron chi connectivity index (χ2n) is 6.11. The van der Waals surface area contributed by atoms with E-state index in [0.29, 0.717) is 0 Å². The van der Waals surface area contributed by atoms with Gasteiger partial charge >= 0.3 is 0 Å². The maximum absolute atomic E-state index is 3.86. The van der Waals surface area contributed by atoms with Gasteiger partial charge in [-0.1, -0.05) is 116 Å². The Morgan fingerprint density at radius 1 is 0.600 bits per heavy atom. The van der Waals surface area contributed by atoms with Crippen LogP contribution in [0.25, 0.3) is 0 Å². The Labute approximate surface area is 145 Å². The van der Waals surface area contributed by atoms with E-state index in [1.165, 1.54) is 102 Å². The highest BCUT2D eigenvalue weighted by molar-refractivity contribution is 9.09. The molecule has 0 N–H and O–H groups in total. The van der Waals surface area contributed by atoms with Crippen LogP contribution in [0.2, 0.25) is 0 Å². The lowest BCUT2D eigenvalue weighted by Crippen LogP contribution is -1.97. The number of halogens is 2. The third kappa shape index (κ3) is 17.0. The molecule has 122 valence electrons. The molecule has 0 heterocycles. The van der Waals surface area contributed by atoms with Crippen molar-refractivity contribution >= 4 is 31.9 Å². The van der Waals surface area contributed by atoms with Crippen molar-refractivity contribution in [2.24, 2.45) is 0 Å². The van der Waals surface area contributed by atoms with Crippen molar-refractivity contribution in [2.75, 3.05) is 5.33 Å². The van der Waals surface area contributed by atoms with Gasteiger partial charge in [0.25, 0.3) is 0 Å². The minimum absolute atomic E-state index is 0.778. The summed E-state index contributed by atoms with van der Waals surface area (Å²) in [5, 5.41) is 1.18. The fraction of sp³-hybridized carbons (Fsp3) is 1.00. The average Bonchev–Trinajstić information content (AvgIpc) is 2.45. The van der Waals surface area contributed by atoms with E-state index < -0.39 is 0 Å². The van der Waals surface area contributed by atoms with Crippen molar-refractivity contribution in [3.63, 3.8) is 0 Å². The Morgan fingerprint density at radius 2 is 1.00 bits per heavy atom. The molecular formula is C18H36Br2. The molecule has 1 atom stereocenters. The molecule has 0 saturated carbocycles. The Hall–Kier alpha value is 0.960. The fourth-order valence-electron chi connectivity index (χ4n) is 2.63. The van der Waals surface area contributed by atoms with Crippen molar-refractivity contribution in [2.45, 2.75) is 108 Å². The second-order valence-corrected chi connectivity index (χ2v) is 8.19. The van der Waals surface area contributed by atoms with Crippen LogP contribution in [0.5, 0.6) is 0 Å². The lowest BCUT2D eigenvalue weighted by Gasteiger charge is -2.09. The lowest BCUT2D eigenvalue weighted by molar-refractivity contribution is 0.542. The summed E-state index contributed by atoms with van der Waals surface area (Å²) in [6.07, 6.45) is 21.2. The number of unbranched alkanes of at least 4 members (excludes halogenated alkanes) is 11. The highest BCUT2D eigenvalue weighted by Crippen LogP contribution is 2.19. The van der Waals surface area contributed by atoms with Gasteiger partial charge in [0.2, 0.25) is 0 Å². The van der Waals surface area contributed by atoms with E-state index in [1.54, 1.807) is 0 Å². The topological polar surface area (TPSA) is 0 Å². The molecule has 0 amide bonds. The van der Waals surface area contributed by atoms with Crippen molar-refractivity contribution in [1.29, 1.82) is 0 Å². The van der Waals surface area contributed by atoms with Gasteiger partial charge in [-0.15, -0.1) is 0 Å². The van der Waals surface area contributed by atoms with E-state index in [2.05, 4.69) is 38.8 Å². The van der Waals surface area contributed by atoms with Gasteiger partial charge in [0, 0.05) is 10.2 Å². The molecule has 1 unspecified atom stereocenters. The molecule has 0 fully saturated rings. The van der Waals surface area contributed by atoms with E-state index >= 15 is 0 Å². The molecule has 0 saturated heterocycles.